The Hall–Kier alpha value is -3.82. The maximum atomic E-state index is 14.8. The summed E-state index contributed by atoms with van der Waals surface area (Å²) in [5, 5.41) is 5.89. The van der Waals surface area contributed by atoms with E-state index in [0.29, 0.717) is 40.0 Å². The first-order valence-electron chi connectivity index (χ1n) is 11.5. The molecule has 2 heterocycles. The summed E-state index contributed by atoms with van der Waals surface area (Å²) in [5.41, 5.74) is 8.64. The Labute approximate surface area is 212 Å². The molecule has 2 aromatic carbocycles. The summed E-state index contributed by atoms with van der Waals surface area (Å²) in [6.45, 7) is 0.667. The van der Waals surface area contributed by atoms with Crippen LogP contribution in [0.4, 0.5) is 15.9 Å². The van der Waals surface area contributed by atoms with Gasteiger partial charge in [0.25, 0.3) is 5.91 Å². The van der Waals surface area contributed by atoms with E-state index in [9.17, 15) is 9.18 Å². The van der Waals surface area contributed by atoms with Gasteiger partial charge in [-0.1, -0.05) is 29.8 Å². The molecule has 0 bridgehead atoms. The van der Waals surface area contributed by atoms with Crippen LogP contribution in [0.2, 0.25) is 5.02 Å². The maximum Gasteiger partial charge on any atom is 0.250 e. The average molecular weight is 506 g/mol. The number of nitrogens with zero attached hydrogens (tertiary/aromatic N) is 6. The van der Waals surface area contributed by atoms with Gasteiger partial charge in [-0.25, -0.2) is 19.0 Å². The lowest BCUT2D eigenvalue weighted by atomic mass is 10.1. The third-order valence-corrected chi connectivity index (χ3v) is 6.55. The number of hydrogen-bond donors (Lipinski definition) is 1. The van der Waals surface area contributed by atoms with Gasteiger partial charge in [0, 0.05) is 36.3 Å². The number of benzene rings is 2. The van der Waals surface area contributed by atoms with Crippen molar-refractivity contribution in [2.75, 3.05) is 31.3 Å². The first kappa shape index (κ1) is 23.9. The fourth-order valence-corrected chi connectivity index (χ4v) is 4.19. The zero-order valence-electron chi connectivity index (χ0n) is 19.9. The standard InChI is InChI=1S/C26H25ClFN7O/c1-33(18-9-10-18)13-3-4-22(36)34(2)21-14-19(11-12-20(21)28)35-26-23(25(29)30-15-31-26)24(32-35)16-5-7-17(27)8-6-16/h3-8,11-12,14-15,18H,9-10,13H2,1-2H3,(H2,29,30,31)/b4-3+. The van der Waals surface area contributed by atoms with E-state index in [1.54, 1.807) is 42.1 Å². The summed E-state index contributed by atoms with van der Waals surface area (Å²) < 4.78 is 16.4. The minimum absolute atomic E-state index is 0.122. The van der Waals surface area contributed by atoms with Gasteiger partial charge in [-0.3, -0.25) is 9.69 Å². The summed E-state index contributed by atoms with van der Waals surface area (Å²) in [4.78, 5) is 24.7. The summed E-state index contributed by atoms with van der Waals surface area (Å²) in [7, 11) is 3.57. The molecule has 2 N–H and O–H groups in total. The fourth-order valence-electron chi connectivity index (χ4n) is 4.07. The van der Waals surface area contributed by atoms with Crippen LogP contribution < -0.4 is 10.6 Å². The monoisotopic (exact) mass is 505 g/mol. The topological polar surface area (TPSA) is 93.2 Å². The molecule has 4 aromatic rings. The van der Waals surface area contributed by atoms with Crippen molar-refractivity contribution in [2.24, 2.45) is 0 Å². The summed E-state index contributed by atoms with van der Waals surface area (Å²) >= 11 is 6.05. The lowest BCUT2D eigenvalue weighted by Gasteiger charge is -2.18. The molecular weight excluding hydrogens is 481 g/mol. The van der Waals surface area contributed by atoms with E-state index in [4.69, 9.17) is 22.4 Å². The molecule has 5 rings (SSSR count). The van der Waals surface area contributed by atoms with Gasteiger partial charge in [-0.05, 0) is 50.2 Å². The third-order valence-electron chi connectivity index (χ3n) is 6.30. The molecule has 2 aromatic heterocycles. The van der Waals surface area contributed by atoms with E-state index >= 15 is 0 Å². The van der Waals surface area contributed by atoms with Crippen LogP contribution in [0.15, 0.2) is 60.9 Å². The number of fused-ring (bicyclic) bond motifs is 1. The van der Waals surface area contributed by atoms with Gasteiger partial charge >= 0.3 is 0 Å². The SMILES string of the molecule is CN(C(=O)/C=C/CN(C)C1CC1)c1cc(-n2nc(-c3ccc(Cl)cc3)c3c(N)ncnc32)ccc1F. The Bertz CT molecular complexity index is 1460. The Morgan fingerprint density at radius 3 is 2.67 bits per heavy atom. The van der Waals surface area contributed by atoms with E-state index in [1.165, 1.54) is 36.2 Å². The second-order valence-corrected chi connectivity index (χ2v) is 9.27. The molecule has 1 aliphatic carbocycles. The molecule has 184 valence electrons. The van der Waals surface area contributed by atoms with Crippen molar-refractivity contribution in [2.45, 2.75) is 18.9 Å². The number of amides is 1. The molecule has 1 amide bonds. The van der Waals surface area contributed by atoms with E-state index in [-0.39, 0.29) is 17.4 Å². The highest BCUT2D eigenvalue weighted by Gasteiger charge is 2.25. The summed E-state index contributed by atoms with van der Waals surface area (Å²) in [6.07, 6.45) is 7.01. The average Bonchev–Trinajstić information content (AvgIpc) is 3.65. The highest BCUT2D eigenvalue weighted by atomic mass is 35.5. The Kier molecular flexibility index (Phi) is 6.42. The van der Waals surface area contributed by atoms with Gasteiger partial charge in [-0.2, -0.15) is 5.10 Å². The quantitative estimate of drug-likeness (QED) is 0.372. The van der Waals surface area contributed by atoms with Crippen molar-refractivity contribution in [1.82, 2.24) is 24.6 Å². The van der Waals surface area contributed by atoms with Gasteiger partial charge in [0.2, 0.25) is 0 Å². The van der Waals surface area contributed by atoms with Crippen LogP contribution in [0.25, 0.3) is 28.0 Å². The number of carbonyl (C=O) groups is 1. The first-order valence-corrected chi connectivity index (χ1v) is 11.9. The van der Waals surface area contributed by atoms with Crippen molar-refractivity contribution in [1.29, 1.82) is 0 Å². The van der Waals surface area contributed by atoms with Crippen LogP contribution in [-0.2, 0) is 4.79 Å². The van der Waals surface area contributed by atoms with E-state index < -0.39 is 5.82 Å². The number of aromatic nitrogens is 4. The molecule has 0 spiro atoms. The van der Waals surface area contributed by atoms with E-state index in [1.807, 2.05) is 19.2 Å². The molecule has 0 aliphatic heterocycles. The highest BCUT2D eigenvalue weighted by Crippen LogP contribution is 2.33. The van der Waals surface area contributed by atoms with Crippen LogP contribution in [-0.4, -0.2) is 57.2 Å². The third kappa shape index (κ3) is 4.67. The molecule has 1 fully saturated rings. The number of anilines is 2. The van der Waals surface area contributed by atoms with Crippen molar-refractivity contribution >= 4 is 40.0 Å². The number of carbonyl (C=O) groups excluding carboxylic acids is 1. The molecule has 0 unspecified atom stereocenters. The van der Waals surface area contributed by atoms with Crippen LogP contribution in [0.3, 0.4) is 0 Å². The Morgan fingerprint density at radius 1 is 1.19 bits per heavy atom. The zero-order chi connectivity index (χ0) is 25.4. The van der Waals surface area contributed by atoms with Gasteiger partial charge in [-0.15, -0.1) is 0 Å². The smallest absolute Gasteiger partial charge is 0.250 e. The summed E-state index contributed by atoms with van der Waals surface area (Å²) in [6, 6.07) is 12.2. The number of halogens is 2. The number of nitrogen functional groups attached to an aromatic ring is 1. The van der Waals surface area contributed by atoms with Gasteiger partial charge in [0.05, 0.1) is 16.8 Å². The molecule has 0 radical (unpaired) electrons. The highest BCUT2D eigenvalue weighted by molar-refractivity contribution is 6.30. The van der Waals surface area contributed by atoms with Gasteiger partial charge in [0.1, 0.15) is 23.7 Å². The van der Waals surface area contributed by atoms with E-state index in [2.05, 4.69) is 14.9 Å². The first-order chi connectivity index (χ1) is 17.3. The number of likely N-dealkylation sites (N-methyl/N-ethyl adjacent to an activating group) is 2. The molecule has 0 saturated heterocycles. The number of nitrogens with two attached hydrogens (primary N) is 1. The van der Waals surface area contributed by atoms with E-state index in [0.717, 1.165) is 5.56 Å². The van der Waals surface area contributed by atoms with Gasteiger partial charge in [0.15, 0.2) is 5.65 Å². The second kappa shape index (κ2) is 9.67. The number of rotatable bonds is 7. The lowest BCUT2D eigenvalue weighted by Crippen LogP contribution is -2.26. The molecule has 36 heavy (non-hydrogen) atoms. The van der Waals surface area contributed by atoms with Crippen LogP contribution in [0.5, 0.6) is 0 Å². The molecule has 0 atom stereocenters. The van der Waals surface area contributed by atoms with Crippen LogP contribution >= 0.6 is 11.6 Å². The van der Waals surface area contributed by atoms with Crippen LogP contribution in [0, 0.1) is 5.82 Å². The van der Waals surface area contributed by atoms with Crippen LogP contribution in [0.1, 0.15) is 12.8 Å². The minimum Gasteiger partial charge on any atom is -0.383 e. The predicted octanol–water partition coefficient (Wildman–Crippen LogP) is 4.47. The largest absolute Gasteiger partial charge is 0.383 e. The normalized spacial score (nSPS) is 13.7. The molecule has 1 aliphatic rings. The minimum atomic E-state index is -0.526. The predicted molar refractivity (Wildman–Crippen MR) is 140 cm³/mol. The fraction of sp³-hybridized carbons (Fsp3) is 0.231. The Morgan fingerprint density at radius 2 is 1.94 bits per heavy atom. The van der Waals surface area contributed by atoms with Gasteiger partial charge < -0.3 is 10.6 Å². The second-order valence-electron chi connectivity index (χ2n) is 8.83. The number of hydrogen-bond acceptors (Lipinski definition) is 6. The Balaban J connectivity index is 1.50. The summed E-state index contributed by atoms with van der Waals surface area (Å²) in [5.74, 6) is -0.581. The lowest BCUT2D eigenvalue weighted by molar-refractivity contribution is -0.113. The molecule has 10 heteroatoms. The molecule has 1 saturated carbocycles. The van der Waals surface area contributed by atoms with Crippen molar-refractivity contribution < 1.29 is 9.18 Å². The van der Waals surface area contributed by atoms with Crippen molar-refractivity contribution in [3.05, 3.63) is 71.8 Å². The van der Waals surface area contributed by atoms with Crippen molar-refractivity contribution in [3.63, 3.8) is 0 Å². The zero-order valence-corrected chi connectivity index (χ0v) is 20.7. The molecular formula is C26H25ClFN7O. The van der Waals surface area contributed by atoms with Crippen molar-refractivity contribution in [3.8, 4) is 16.9 Å². The molecule has 8 nitrogen and oxygen atoms in total. The maximum absolute atomic E-state index is 14.8.